The molecule has 3 fully saturated rings. The van der Waals surface area contributed by atoms with Gasteiger partial charge in [0.1, 0.15) is 6.29 Å². The van der Waals surface area contributed by atoms with E-state index in [1.54, 1.807) is 0 Å². The van der Waals surface area contributed by atoms with Crippen LogP contribution in [0.4, 0.5) is 0 Å². The topological polar surface area (TPSA) is 54.4 Å². The van der Waals surface area contributed by atoms with Crippen LogP contribution in [0.25, 0.3) is 0 Å². The smallest absolute Gasteiger partial charge is 0.309 e. The Morgan fingerprint density at radius 3 is 2.65 bits per heavy atom. The lowest BCUT2D eigenvalue weighted by molar-refractivity contribution is -0.177. The van der Waals surface area contributed by atoms with E-state index >= 15 is 0 Å². The maximum Gasteiger partial charge on any atom is 0.309 e. The lowest BCUT2D eigenvalue weighted by Crippen LogP contribution is -2.58. The Morgan fingerprint density at radius 2 is 1.96 bits per heavy atom. The highest BCUT2D eigenvalue weighted by Crippen LogP contribution is 2.70. The summed E-state index contributed by atoms with van der Waals surface area (Å²) in [4.78, 5) is 23.5. The third-order valence-corrected chi connectivity index (χ3v) is 8.35. The minimum Gasteiger partial charge on any atom is -0.481 e. The Bertz CT molecular complexity index is 594. The lowest BCUT2D eigenvalue weighted by atomic mass is 9.41. The number of carboxylic acids is 1. The van der Waals surface area contributed by atoms with Gasteiger partial charge in [-0.15, -0.1) is 0 Å². The molecule has 6 atom stereocenters. The van der Waals surface area contributed by atoms with Gasteiger partial charge >= 0.3 is 5.97 Å². The molecule has 0 radical (unpaired) electrons. The Kier molecular flexibility index (Phi) is 3.15. The zero-order valence-corrected chi connectivity index (χ0v) is 14.3. The van der Waals surface area contributed by atoms with Gasteiger partial charge in [-0.2, -0.15) is 0 Å². The SMILES string of the molecule is C[C@@]12CCC[C@](C)(C(=O)O)[C@H]1CC[C@]13C=C(C=O)[C@@H](CC[C@H]12)C3. The van der Waals surface area contributed by atoms with E-state index in [1.807, 2.05) is 6.92 Å². The molecule has 0 aromatic carbocycles. The molecule has 3 saturated carbocycles. The monoisotopic (exact) mass is 316 g/mol. The average molecular weight is 316 g/mol. The molecule has 4 rings (SSSR count). The van der Waals surface area contributed by atoms with Crippen LogP contribution < -0.4 is 0 Å². The second-order valence-corrected chi connectivity index (χ2v) is 9.20. The number of carbonyl (C=O) groups is 2. The summed E-state index contributed by atoms with van der Waals surface area (Å²) in [6, 6.07) is 0. The predicted octanol–water partition coefficient (Wildman–Crippen LogP) is 4.22. The van der Waals surface area contributed by atoms with Gasteiger partial charge in [0, 0.05) is 0 Å². The van der Waals surface area contributed by atoms with Gasteiger partial charge in [0.25, 0.3) is 0 Å². The Morgan fingerprint density at radius 1 is 1.17 bits per heavy atom. The van der Waals surface area contributed by atoms with Gasteiger partial charge in [-0.1, -0.05) is 19.4 Å². The van der Waals surface area contributed by atoms with Crippen molar-refractivity contribution in [1.82, 2.24) is 0 Å². The first kappa shape index (κ1) is 15.4. The third-order valence-electron chi connectivity index (χ3n) is 8.35. The van der Waals surface area contributed by atoms with E-state index in [0.29, 0.717) is 11.8 Å². The van der Waals surface area contributed by atoms with Crippen LogP contribution in [0.5, 0.6) is 0 Å². The largest absolute Gasteiger partial charge is 0.481 e. The first-order valence-electron chi connectivity index (χ1n) is 9.27. The molecule has 3 nitrogen and oxygen atoms in total. The highest BCUT2D eigenvalue weighted by molar-refractivity contribution is 5.76. The van der Waals surface area contributed by atoms with Crippen LogP contribution in [-0.2, 0) is 9.59 Å². The van der Waals surface area contributed by atoms with Crippen molar-refractivity contribution in [3.63, 3.8) is 0 Å². The molecule has 0 aromatic rings. The first-order chi connectivity index (χ1) is 10.9. The van der Waals surface area contributed by atoms with Gasteiger partial charge < -0.3 is 5.11 Å². The van der Waals surface area contributed by atoms with Crippen molar-refractivity contribution in [2.24, 2.45) is 34.0 Å². The molecule has 0 aliphatic heterocycles. The molecule has 126 valence electrons. The molecule has 23 heavy (non-hydrogen) atoms. The van der Waals surface area contributed by atoms with Crippen LogP contribution >= 0.6 is 0 Å². The highest BCUT2D eigenvalue weighted by atomic mass is 16.4. The number of aliphatic carboxylic acids is 1. The van der Waals surface area contributed by atoms with Crippen molar-refractivity contribution < 1.29 is 14.7 Å². The Balaban J connectivity index is 1.76. The maximum absolute atomic E-state index is 12.0. The van der Waals surface area contributed by atoms with E-state index in [-0.39, 0.29) is 16.7 Å². The first-order valence-corrected chi connectivity index (χ1v) is 9.27. The molecule has 1 spiro atoms. The van der Waals surface area contributed by atoms with E-state index < -0.39 is 11.4 Å². The lowest BCUT2D eigenvalue weighted by Gasteiger charge is -2.63. The van der Waals surface area contributed by atoms with Gasteiger partial charge in [0.05, 0.1) is 5.41 Å². The highest BCUT2D eigenvalue weighted by Gasteiger charge is 2.64. The number of aldehydes is 1. The van der Waals surface area contributed by atoms with E-state index in [0.717, 1.165) is 56.8 Å². The van der Waals surface area contributed by atoms with Crippen LogP contribution in [0.3, 0.4) is 0 Å². The van der Waals surface area contributed by atoms with Gasteiger partial charge in [0.2, 0.25) is 0 Å². The molecule has 0 saturated heterocycles. The number of carbonyl (C=O) groups excluding carboxylic acids is 1. The van der Waals surface area contributed by atoms with E-state index in [1.165, 1.54) is 6.42 Å². The number of hydrogen-bond donors (Lipinski definition) is 1. The Hall–Kier alpha value is -1.12. The summed E-state index contributed by atoms with van der Waals surface area (Å²) in [6.07, 6.45) is 11.9. The molecular formula is C20H28O3. The minimum atomic E-state index is -0.603. The summed E-state index contributed by atoms with van der Waals surface area (Å²) in [7, 11) is 0. The van der Waals surface area contributed by atoms with E-state index in [2.05, 4.69) is 13.0 Å². The van der Waals surface area contributed by atoms with Gasteiger partial charge in [-0.25, -0.2) is 0 Å². The van der Waals surface area contributed by atoms with Crippen molar-refractivity contribution in [2.45, 2.75) is 65.2 Å². The zero-order chi connectivity index (χ0) is 16.5. The fraction of sp³-hybridized carbons (Fsp3) is 0.800. The van der Waals surface area contributed by atoms with Crippen LogP contribution in [0.15, 0.2) is 11.6 Å². The molecule has 4 aliphatic carbocycles. The van der Waals surface area contributed by atoms with Gasteiger partial charge in [-0.3, -0.25) is 9.59 Å². The summed E-state index contributed by atoms with van der Waals surface area (Å²) in [6.45, 7) is 4.36. The number of hydrogen-bond acceptors (Lipinski definition) is 2. The van der Waals surface area contributed by atoms with E-state index in [9.17, 15) is 14.7 Å². The van der Waals surface area contributed by atoms with Crippen molar-refractivity contribution in [3.8, 4) is 0 Å². The van der Waals surface area contributed by atoms with Crippen LogP contribution in [-0.4, -0.2) is 17.4 Å². The van der Waals surface area contributed by atoms with Gasteiger partial charge in [0.15, 0.2) is 0 Å². The maximum atomic E-state index is 12.0. The summed E-state index contributed by atoms with van der Waals surface area (Å²) >= 11 is 0. The summed E-state index contributed by atoms with van der Waals surface area (Å²) < 4.78 is 0. The molecule has 0 unspecified atom stereocenters. The summed E-state index contributed by atoms with van der Waals surface area (Å²) in [5, 5.41) is 9.90. The molecular weight excluding hydrogens is 288 g/mol. The fourth-order valence-electron chi connectivity index (χ4n) is 7.36. The fourth-order valence-corrected chi connectivity index (χ4v) is 7.36. The minimum absolute atomic E-state index is 0.115. The second-order valence-electron chi connectivity index (χ2n) is 9.20. The van der Waals surface area contributed by atoms with Crippen molar-refractivity contribution >= 4 is 12.3 Å². The third kappa shape index (κ3) is 1.82. The standard InChI is InChI=1S/C20H28O3/c1-18-7-3-8-19(2,17(22)23)15(18)6-9-20-10-13(4-5-16(18)20)14(11-20)12-21/h11-13,15-16H,3-10H2,1-2H3,(H,22,23)/t13-,15-,16-,18+,19-,20-/m0/s1. The van der Waals surface area contributed by atoms with Gasteiger partial charge in [-0.05, 0) is 86.0 Å². The molecule has 0 amide bonds. The average Bonchev–Trinajstić information content (AvgIpc) is 2.77. The predicted molar refractivity (Wildman–Crippen MR) is 87.8 cm³/mol. The Labute approximate surface area is 138 Å². The summed E-state index contributed by atoms with van der Waals surface area (Å²) in [5.41, 5.74) is 0.762. The van der Waals surface area contributed by atoms with Crippen molar-refractivity contribution in [2.75, 3.05) is 0 Å². The number of carboxylic acid groups (broad SMARTS) is 1. The quantitative estimate of drug-likeness (QED) is 0.776. The normalized spacial score (nSPS) is 51.4. The van der Waals surface area contributed by atoms with E-state index in [4.69, 9.17) is 0 Å². The number of fused-ring (bicyclic) bond motifs is 3. The van der Waals surface area contributed by atoms with Crippen LogP contribution in [0.2, 0.25) is 0 Å². The molecule has 2 bridgehead atoms. The molecule has 1 N–H and O–H groups in total. The molecule has 3 heteroatoms. The molecule has 0 aromatic heterocycles. The number of allylic oxidation sites excluding steroid dienone is 2. The van der Waals surface area contributed by atoms with Crippen LogP contribution in [0, 0.1) is 34.0 Å². The summed E-state index contributed by atoms with van der Waals surface area (Å²) in [5.74, 6) is 0.704. The second kappa shape index (κ2) is 4.70. The zero-order valence-electron chi connectivity index (χ0n) is 14.3. The van der Waals surface area contributed by atoms with Crippen molar-refractivity contribution in [1.29, 1.82) is 0 Å². The molecule has 4 aliphatic rings. The van der Waals surface area contributed by atoms with Crippen molar-refractivity contribution in [3.05, 3.63) is 11.6 Å². The molecule has 0 heterocycles. The van der Waals surface area contributed by atoms with Crippen LogP contribution in [0.1, 0.15) is 65.2 Å². The number of rotatable bonds is 2.